The normalized spacial score (nSPS) is 18.6. The van der Waals surface area contributed by atoms with Crippen LogP contribution in [0.15, 0.2) is 42.5 Å². The number of carbonyl (C=O) groups excluding carboxylic acids is 2. The van der Waals surface area contributed by atoms with Gasteiger partial charge in [-0.2, -0.15) is 0 Å². The van der Waals surface area contributed by atoms with Crippen LogP contribution in [0.4, 0.5) is 10.5 Å². The summed E-state index contributed by atoms with van der Waals surface area (Å²) in [4.78, 5) is 27.5. The first-order valence-corrected chi connectivity index (χ1v) is 10.3. The van der Waals surface area contributed by atoms with Crippen molar-refractivity contribution in [3.8, 4) is 5.75 Å². The number of hydrogen-bond acceptors (Lipinski definition) is 3. The zero-order valence-corrected chi connectivity index (χ0v) is 18.2. The van der Waals surface area contributed by atoms with E-state index >= 15 is 0 Å². The minimum Gasteiger partial charge on any atom is -0.497 e. The molecule has 0 radical (unpaired) electrons. The van der Waals surface area contributed by atoms with Gasteiger partial charge in [-0.05, 0) is 74.6 Å². The largest absolute Gasteiger partial charge is 0.497 e. The summed E-state index contributed by atoms with van der Waals surface area (Å²) in [5.74, 6) is 0.731. The number of benzene rings is 2. The van der Waals surface area contributed by atoms with Gasteiger partial charge in [0.2, 0.25) is 5.91 Å². The highest BCUT2D eigenvalue weighted by Crippen LogP contribution is 2.30. The first-order valence-electron chi connectivity index (χ1n) is 10.3. The van der Waals surface area contributed by atoms with Crippen LogP contribution in [0.25, 0.3) is 0 Å². The molecule has 30 heavy (non-hydrogen) atoms. The van der Waals surface area contributed by atoms with Gasteiger partial charge in [0.05, 0.1) is 12.5 Å². The molecule has 1 aliphatic rings. The highest BCUT2D eigenvalue weighted by atomic mass is 16.5. The standard InChI is InChI=1S/C24H31N3O3/c1-17-11-18(2)13-20(12-17)26-23(29)27-10-6-9-24(3,16-27)22(28)25-15-19-7-5-8-21(14-19)30-4/h5,7-8,11-14H,6,9-10,15-16H2,1-4H3,(H,25,28)(H,26,29)/t24-/m1/s1. The molecule has 0 spiro atoms. The number of methoxy groups -OCH3 is 1. The third-order valence-corrected chi connectivity index (χ3v) is 5.59. The number of urea groups is 1. The number of nitrogens with one attached hydrogen (secondary N) is 2. The Balaban J connectivity index is 1.61. The number of carbonyl (C=O) groups is 2. The van der Waals surface area contributed by atoms with Crippen molar-refractivity contribution in [1.29, 1.82) is 0 Å². The van der Waals surface area contributed by atoms with Crippen LogP contribution in [-0.4, -0.2) is 37.0 Å². The van der Waals surface area contributed by atoms with Crippen LogP contribution in [0.5, 0.6) is 5.75 Å². The lowest BCUT2D eigenvalue weighted by molar-refractivity contribution is -0.132. The SMILES string of the molecule is COc1cccc(CNC(=O)[C@]2(C)CCCN(C(=O)Nc3cc(C)cc(C)c3)C2)c1. The van der Waals surface area contributed by atoms with E-state index in [1.807, 2.05) is 57.2 Å². The van der Waals surface area contributed by atoms with Gasteiger partial charge in [0, 0.05) is 25.3 Å². The number of nitrogens with zero attached hydrogens (tertiary/aromatic N) is 1. The van der Waals surface area contributed by atoms with Gasteiger partial charge in [-0.25, -0.2) is 4.79 Å². The van der Waals surface area contributed by atoms with E-state index in [-0.39, 0.29) is 11.9 Å². The molecule has 1 aliphatic heterocycles. The molecule has 1 saturated heterocycles. The van der Waals surface area contributed by atoms with Gasteiger partial charge in [0.15, 0.2) is 0 Å². The molecule has 6 heteroatoms. The van der Waals surface area contributed by atoms with Crippen LogP contribution in [0.3, 0.4) is 0 Å². The van der Waals surface area contributed by atoms with Crippen molar-refractivity contribution >= 4 is 17.6 Å². The summed E-state index contributed by atoms with van der Waals surface area (Å²) in [7, 11) is 1.62. The Kier molecular flexibility index (Phi) is 6.65. The molecule has 2 N–H and O–H groups in total. The predicted octanol–water partition coefficient (Wildman–Crippen LogP) is 4.26. The van der Waals surface area contributed by atoms with E-state index in [2.05, 4.69) is 16.7 Å². The van der Waals surface area contributed by atoms with Crippen molar-refractivity contribution < 1.29 is 14.3 Å². The Morgan fingerprint density at radius 1 is 1.13 bits per heavy atom. The maximum atomic E-state index is 13.0. The van der Waals surface area contributed by atoms with Crippen LogP contribution in [0, 0.1) is 19.3 Å². The van der Waals surface area contributed by atoms with E-state index in [1.54, 1.807) is 12.0 Å². The van der Waals surface area contributed by atoms with E-state index in [4.69, 9.17) is 4.74 Å². The maximum absolute atomic E-state index is 13.0. The molecular formula is C24H31N3O3. The summed E-state index contributed by atoms with van der Waals surface area (Å²) in [5, 5.41) is 6.01. The molecule has 2 aromatic carbocycles. The first-order chi connectivity index (χ1) is 14.3. The molecule has 2 aromatic rings. The number of aryl methyl sites for hydroxylation is 2. The van der Waals surface area contributed by atoms with Gasteiger partial charge in [-0.1, -0.05) is 18.2 Å². The van der Waals surface area contributed by atoms with E-state index in [0.717, 1.165) is 41.0 Å². The lowest BCUT2D eigenvalue weighted by Crippen LogP contribution is -2.52. The predicted molar refractivity (Wildman–Crippen MR) is 119 cm³/mol. The van der Waals surface area contributed by atoms with Crippen molar-refractivity contribution in [2.45, 2.75) is 40.2 Å². The average Bonchev–Trinajstić information content (AvgIpc) is 2.71. The molecule has 160 valence electrons. The third-order valence-electron chi connectivity index (χ3n) is 5.59. The number of anilines is 1. The summed E-state index contributed by atoms with van der Waals surface area (Å²) in [6.45, 7) is 7.42. The molecule has 0 aliphatic carbocycles. The first kappa shape index (κ1) is 21.7. The monoisotopic (exact) mass is 409 g/mol. The fourth-order valence-electron chi connectivity index (χ4n) is 4.03. The maximum Gasteiger partial charge on any atom is 0.321 e. The van der Waals surface area contributed by atoms with Crippen LogP contribution in [0.2, 0.25) is 0 Å². The zero-order valence-electron chi connectivity index (χ0n) is 18.2. The Bertz CT molecular complexity index is 907. The minimum absolute atomic E-state index is 0.0331. The van der Waals surface area contributed by atoms with Gasteiger partial charge in [-0.15, -0.1) is 0 Å². The van der Waals surface area contributed by atoms with Gasteiger partial charge >= 0.3 is 6.03 Å². The lowest BCUT2D eigenvalue weighted by atomic mass is 9.81. The molecule has 0 bridgehead atoms. The Labute approximate surface area is 178 Å². The number of piperidine rings is 1. The molecular weight excluding hydrogens is 378 g/mol. The molecule has 0 unspecified atom stereocenters. The van der Waals surface area contributed by atoms with Crippen molar-refractivity contribution in [2.24, 2.45) is 5.41 Å². The molecule has 1 fully saturated rings. The quantitative estimate of drug-likeness (QED) is 0.775. The highest BCUT2D eigenvalue weighted by molar-refractivity contribution is 5.90. The third kappa shape index (κ3) is 5.32. The molecule has 6 nitrogen and oxygen atoms in total. The summed E-state index contributed by atoms with van der Waals surface area (Å²) in [6.07, 6.45) is 1.55. The molecule has 1 heterocycles. The number of likely N-dealkylation sites (tertiary alicyclic amines) is 1. The van der Waals surface area contributed by atoms with Crippen LogP contribution in [0.1, 0.15) is 36.5 Å². The summed E-state index contributed by atoms with van der Waals surface area (Å²) < 4.78 is 5.24. The number of amides is 3. The van der Waals surface area contributed by atoms with Crippen molar-refractivity contribution in [3.05, 3.63) is 59.2 Å². The topological polar surface area (TPSA) is 70.7 Å². The van der Waals surface area contributed by atoms with Gasteiger partial charge in [-0.3, -0.25) is 4.79 Å². The average molecular weight is 410 g/mol. The van der Waals surface area contributed by atoms with E-state index in [9.17, 15) is 9.59 Å². The smallest absolute Gasteiger partial charge is 0.321 e. The Morgan fingerprint density at radius 3 is 2.57 bits per heavy atom. The van der Waals surface area contributed by atoms with Crippen molar-refractivity contribution in [3.63, 3.8) is 0 Å². The second kappa shape index (κ2) is 9.20. The van der Waals surface area contributed by atoms with E-state index in [1.165, 1.54) is 0 Å². The van der Waals surface area contributed by atoms with Crippen LogP contribution in [-0.2, 0) is 11.3 Å². The highest BCUT2D eigenvalue weighted by Gasteiger charge is 2.39. The Hall–Kier alpha value is -3.02. The van der Waals surface area contributed by atoms with E-state index in [0.29, 0.717) is 19.6 Å². The number of ether oxygens (including phenoxy) is 1. The summed E-state index contributed by atoms with van der Waals surface area (Å²) in [6, 6.07) is 13.5. The Morgan fingerprint density at radius 2 is 1.87 bits per heavy atom. The van der Waals surface area contributed by atoms with Crippen molar-refractivity contribution in [2.75, 3.05) is 25.5 Å². The van der Waals surface area contributed by atoms with Crippen molar-refractivity contribution in [1.82, 2.24) is 10.2 Å². The fraction of sp³-hybridized carbons (Fsp3) is 0.417. The molecule has 1 atom stereocenters. The van der Waals surface area contributed by atoms with E-state index < -0.39 is 5.41 Å². The second-order valence-corrected chi connectivity index (χ2v) is 8.43. The number of hydrogen-bond donors (Lipinski definition) is 2. The zero-order chi connectivity index (χ0) is 21.7. The van der Waals surface area contributed by atoms with Gasteiger partial charge in [0.1, 0.15) is 5.75 Å². The minimum atomic E-state index is -0.614. The molecule has 0 saturated carbocycles. The lowest BCUT2D eigenvalue weighted by Gasteiger charge is -2.39. The molecule has 0 aromatic heterocycles. The van der Waals surface area contributed by atoms with Crippen LogP contribution < -0.4 is 15.4 Å². The molecule has 3 amide bonds. The number of rotatable bonds is 5. The van der Waals surface area contributed by atoms with Gasteiger partial charge < -0.3 is 20.3 Å². The summed E-state index contributed by atoms with van der Waals surface area (Å²) in [5.41, 5.74) is 3.35. The second-order valence-electron chi connectivity index (χ2n) is 8.43. The molecule has 3 rings (SSSR count). The fourth-order valence-corrected chi connectivity index (χ4v) is 4.03. The summed E-state index contributed by atoms with van der Waals surface area (Å²) >= 11 is 0. The van der Waals surface area contributed by atoms with Crippen LogP contribution >= 0.6 is 0 Å². The van der Waals surface area contributed by atoms with Gasteiger partial charge in [0.25, 0.3) is 0 Å².